The van der Waals surface area contributed by atoms with Gasteiger partial charge in [0.2, 0.25) is 5.91 Å². The number of H-pyrrole nitrogens is 1. The van der Waals surface area contributed by atoms with Gasteiger partial charge < -0.3 is 15.0 Å². The minimum atomic E-state index is -0.135. The van der Waals surface area contributed by atoms with Gasteiger partial charge in [0.05, 0.1) is 16.9 Å². The molecule has 4 rings (SSSR count). The van der Waals surface area contributed by atoms with E-state index in [1.54, 1.807) is 16.8 Å². The van der Waals surface area contributed by atoms with Crippen LogP contribution >= 0.6 is 11.3 Å². The minimum absolute atomic E-state index is 0.135. The zero-order valence-electron chi connectivity index (χ0n) is 13.5. The number of amides is 1. The molecule has 1 amide bonds. The van der Waals surface area contributed by atoms with E-state index in [0.29, 0.717) is 13.2 Å². The molecule has 2 heterocycles. The van der Waals surface area contributed by atoms with Crippen LogP contribution in [0.15, 0.2) is 36.0 Å². The summed E-state index contributed by atoms with van der Waals surface area (Å²) < 4.78 is 5.80. The van der Waals surface area contributed by atoms with Gasteiger partial charge in [-0.05, 0) is 36.4 Å². The molecule has 0 saturated heterocycles. The number of nitrogens with one attached hydrogen (secondary N) is 2. The first-order valence-corrected chi connectivity index (χ1v) is 8.90. The van der Waals surface area contributed by atoms with Crippen molar-refractivity contribution in [2.75, 3.05) is 0 Å². The number of rotatable bonds is 6. The number of aromatic amines is 1. The maximum atomic E-state index is 12.0. The van der Waals surface area contributed by atoms with Crippen LogP contribution in [0.3, 0.4) is 0 Å². The molecule has 1 aliphatic rings. The van der Waals surface area contributed by atoms with E-state index < -0.39 is 0 Å². The molecule has 0 atom stereocenters. The fraction of sp³-hybridized carbons (Fsp3) is 0.333. The number of carbonyl (C=O) groups is 1. The van der Waals surface area contributed by atoms with Crippen LogP contribution in [0.5, 0.6) is 5.75 Å². The molecule has 5 nitrogen and oxygen atoms in total. The predicted molar refractivity (Wildman–Crippen MR) is 93.9 cm³/mol. The number of thiazole rings is 1. The summed E-state index contributed by atoms with van der Waals surface area (Å²) in [6.07, 6.45) is 3.80. The van der Waals surface area contributed by atoms with Gasteiger partial charge in [-0.1, -0.05) is 6.92 Å². The van der Waals surface area contributed by atoms with Gasteiger partial charge >= 0.3 is 0 Å². The van der Waals surface area contributed by atoms with Gasteiger partial charge in [-0.3, -0.25) is 9.78 Å². The fourth-order valence-electron chi connectivity index (χ4n) is 2.62. The largest absolute Gasteiger partial charge is 0.488 e. The summed E-state index contributed by atoms with van der Waals surface area (Å²) >= 11 is 1.58. The number of carbonyl (C=O) groups excluding carboxylic acids is 1. The molecule has 124 valence electrons. The second kappa shape index (κ2) is 5.94. The van der Waals surface area contributed by atoms with Gasteiger partial charge in [0.15, 0.2) is 0 Å². The summed E-state index contributed by atoms with van der Waals surface area (Å²) in [6, 6.07) is 8.05. The van der Waals surface area contributed by atoms with Gasteiger partial charge in [0, 0.05) is 28.9 Å². The first kappa shape index (κ1) is 15.2. The van der Waals surface area contributed by atoms with Crippen LogP contribution in [-0.2, 0) is 17.9 Å². The van der Waals surface area contributed by atoms with E-state index in [9.17, 15) is 4.79 Å². The van der Waals surface area contributed by atoms with Crippen molar-refractivity contribution in [3.05, 3.63) is 46.5 Å². The second-order valence-electron chi connectivity index (χ2n) is 6.54. The van der Waals surface area contributed by atoms with Crippen LogP contribution in [0.25, 0.3) is 10.9 Å². The van der Waals surface area contributed by atoms with Crippen molar-refractivity contribution in [2.24, 2.45) is 5.41 Å². The summed E-state index contributed by atoms with van der Waals surface area (Å²) in [7, 11) is 0. The van der Waals surface area contributed by atoms with Crippen molar-refractivity contribution in [2.45, 2.75) is 32.9 Å². The Labute approximate surface area is 144 Å². The summed E-state index contributed by atoms with van der Waals surface area (Å²) in [5.41, 5.74) is 3.68. The average Bonchev–Trinajstić information content (AvgIpc) is 3.03. The third-order valence-electron chi connectivity index (χ3n) is 4.50. The molecule has 1 saturated carbocycles. The zero-order valence-corrected chi connectivity index (χ0v) is 14.3. The molecule has 1 aliphatic carbocycles. The number of benzene rings is 1. The molecule has 1 aromatic carbocycles. The molecule has 0 aliphatic heterocycles. The Bertz CT molecular complexity index is 866. The first-order chi connectivity index (χ1) is 11.6. The molecule has 2 aromatic heterocycles. The Morgan fingerprint density at radius 2 is 2.29 bits per heavy atom. The number of nitrogens with zero attached hydrogens (tertiary/aromatic N) is 1. The van der Waals surface area contributed by atoms with Crippen LogP contribution in [0, 0.1) is 5.41 Å². The summed E-state index contributed by atoms with van der Waals surface area (Å²) in [5.74, 6) is 0.966. The highest BCUT2D eigenvalue weighted by Gasteiger charge is 2.44. The molecule has 2 N–H and O–H groups in total. The van der Waals surface area contributed by atoms with Crippen molar-refractivity contribution < 1.29 is 9.53 Å². The predicted octanol–water partition coefficient (Wildman–Crippen LogP) is 3.62. The fourth-order valence-corrected chi connectivity index (χ4v) is 3.13. The number of ether oxygens (including phenoxy) is 1. The molecule has 6 heteroatoms. The highest BCUT2D eigenvalue weighted by Crippen LogP contribution is 2.45. The van der Waals surface area contributed by atoms with Gasteiger partial charge in [-0.15, -0.1) is 11.3 Å². The molecule has 0 radical (unpaired) electrons. The molecule has 0 bridgehead atoms. The Morgan fingerprint density at radius 1 is 1.42 bits per heavy atom. The van der Waals surface area contributed by atoms with Gasteiger partial charge in [0.25, 0.3) is 0 Å². The number of hydrogen-bond acceptors (Lipinski definition) is 4. The monoisotopic (exact) mass is 341 g/mol. The van der Waals surface area contributed by atoms with Gasteiger partial charge in [-0.2, -0.15) is 0 Å². The van der Waals surface area contributed by atoms with Crippen molar-refractivity contribution in [1.29, 1.82) is 0 Å². The first-order valence-electron chi connectivity index (χ1n) is 8.02. The van der Waals surface area contributed by atoms with Crippen LogP contribution in [0.1, 0.15) is 30.3 Å². The van der Waals surface area contributed by atoms with E-state index in [2.05, 4.69) is 21.4 Å². The molecule has 1 fully saturated rings. The number of aromatic nitrogens is 2. The minimum Gasteiger partial charge on any atom is -0.488 e. The summed E-state index contributed by atoms with van der Waals surface area (Å²) in [6.45, 7) is 3.07. The van der Waals surface area contributed by atoms with Crippen molar-refractivity contribution in [1.82, 2.24) is 15.3 Å². The summed E-state index contributed by atoms with van der Waals surface area (Å²) in [4.78, 5) is 20.5. The van der Waals surface area contributed by atoms with E-state index in [1.807, 2.05) is 31.3 Å². The standard InChI is InChI=1S/C18H19N3O2S/c1-18(4-5-18)17(22)20-8-13-6-12-2-3-14(7-16(12)21-13)23-10-15-9-19-11-24-15/h2-3,6-7,9,11,21H,4-5,8,10H2,1H3,(H,20,22). The van der Waals surface area contributed by atoms with E-state index in [0.717, 1.165) is 40.1 Å². The van der Waals surface area contributed by atoms with Crippen LogP contribution in [0.4, 0.5) is 0 Å². The Kier molecular flexibility index (Phi) is 3.76. The highest BCUT2D eigenvalue weighted by molar-refractivity contribution is 7.09. The maximum Gasteiger partial charge on any atom is 0.226 e. The van der Waals surface area contributed by atoms with E-state index in [-0.39, 0.29) is 11.3 Å². The molecular weight excluding hydrogens is 322 g/mol. The lowest BCUT2D eigenvalue weighted by atomic mass is 10.1. The average molecular weight is 341 g/mol. The molecule has 0 spiro atoms. The molecular formula is C18H19N3O2S. The Morgan fingerprint density at radius 3 is 3.04 bits per heavy atom. The Balaban J connectivity index is 1.42. The Hall–Kier alpha value is -2.34. The topological polar surface area (TPSA) is 67.0 Å². The smallest absolute Gasteiger partial charge is 0.226 e. The third kappa shape index (κ3) is 3.14. The normalized spacial score (nSPS) is 15.4. The highest BCUT2D eigenvalue weighted by atomic mass is 32.1. The quantitative estimate of drug-likeness (QED) is 0.719. The van der Waals surface area contributed by atoms with E-state index >= 15 is 0 Å². The second-order valence-corrected chi connectivity index (χ2v) is 7.51. The number of hydrogen-bond donors (Lipinski definition) is 2. The van der Waals surface area contributed by atoms with E-state index in [4.69, 9.17) is 4.74 Å². The van der Waals surface area contributed by atoms with Crippen molar-refractivity contribution in [3.63, 3.8) is 0 Å². The van der Waals surface area contributed by atoms with Crippen molar-refractivity contribution in [3.8, 4) is 5.75 Å². The number of fused-ring (bicyclic) bond motifs is 1. The van der Waals surface area contributed by atoms with Crippen LogP contribution in [0.2, 0.25) is 0 Å². The zero-order chi connectivity index (χ0) is 16.6. The van der Waals surface area contributed by atoms with Crippen molar-refractivity contribution >= 4 is 28.1 Å². The lowest BCUT2D eigenvalue weighted by Gasteiger charge is -2.08. The van der Waals surface area contributed by atoms with Gasteiger partial charge in [0.1, 0.15) is 12.4 Å². The van der Waals surface area contributed by atoms with E-state index in [1.165, 1.54) is 0 Å². The van der Waals surface area contributed by atoms with Crippen LogP contribution in [-0.4, -0.2) is 15.9 Å². The molecule has 0 unspecified atom stereocenters. The van der Waals surface area contributed by atoms with Crippen LogP contribution < -0.4 is 10.1 Å². The van der Waals surface area contributed by atoms with Gasteiger partial charge in [-0.25, -0.2) is 0 Å². The molecule has 24 heavy (non-hydrogen) atoms. The SMILES string of the molecule is CC1(C(=O)NCc2cc3ccc(OCc4cncs4)cc3[nH]2)CC1. The maximum absolute atomic E-state index is 12.0. The third-order valence-corrected chi connectivity index (χ3v) is 5.25. The summed E-state index contributed by atoms with van der Waals surface area (Å²) in [5, 5.41) is 4.13. The molecule has 3 aromatic rings. The lowest BCUT2D eigenvalue weighted by molar-refractivity contribution is -0.125. The lowest BCUT2D eigenvalue weighted by Crippen LogP contribution is -2.29.